The Balaban J connectivity index is 1.62. The van der Waals surface area contributed by atoms with Gasteiger partial charge in [-0.2, -0.15) is 0 Å². The van der Waals surface area contributed by atoms with Crippen LogP contribution in [-0.4, -0.2) is 9.97 Å². The van der Waals surface area contributed by atoms with E-state index >= 15 is 0 Å². The molecule has 0 aliphatic heterocycles. The molecule has 4 aromatic carbocycles. The molecule has 5 aromatic rings. The lowest BCUT2D eigenvalue weighted by Gasteiger charge is -2.08. The van der Waals surface area contributed by atoms with Crippen molar-refractivity contribution >= 4 is 37.6 Å². The molecule has 128 valence electrons. The van der Waals surface area contributed by atoms with Crippen molar-refractivity contribution in [2.45, 2.75) is 0 Å². The molecule has 1 heterocycles. The number of hydrogen-bond acceptors (Lipinski definition) is 2. The molecular formula is C24H15BrN2. The highest BCUT2D eigenvalue weighted by atomic mass is 79.9. The number of aromatic nitrogens is 2. The van der Waals surface area contributed by atoms with E-state index in [1.54, 1.807) is 0 Å². The SMILES string of the molecule is Brc1ccc(-c2ccc3nc(-c4cccc5ccccc45)ncc3c2)cc1. The minimum atomic E-state index is 0.760. The summed E-state index contributed by atoms with van der Waals surface area (Å²) >= 11 is 3.49. The van der Waals surface area contributed by atoms with Crippen molar-refractivity contribution in [1.29, 1.82) is 0 Å². The molecule has 0 fully saturated rings. The van der Waals surface area contributed by atoms with Crippen LogP contribution in [0.1, 0.15) is 0 Å². The molecule has 0 unspecified atom stereocenters. The number of nitrogens with zero attached hydrogens (tertiary/aromatic N) is 2. The maximum Gasteiger partial charge on any atom is 0.160 e. The molecule has 2 nitrogen and oxygen atoms in total. The molecular weight excluding hydrogens is 396 g/mol. The molecule has 0 spiro atoms. The van der Waals surface area contributed by atoms with Gasteiger partial charge in [-0.3, -0.25) is 0 Å². The summed E-state index contributed by atoms with van der Waals surface area (Å²) in [5, 5.41) is 3.41. The molecule has 0 amide bonds. The lowest BCUT2D eigenvalue weighted by atomic mass is 10.0. The lowest BCUT2D eigenvalue weighted by molar-refractivity contribution is 1.23. The van der Waals surface area contributed by atoms with Crippen molar-refractivity contribution in [3.63, 3.8) is 0 Å². The summed E-state index contributed by atoms with van der Waals surface area (Å²) in [6.45, 7) is 0. The van der Waals surface area contributed by atoms with Crippen molar-refractivity contribution in [3.8, 4) is 22.5 Å². The summed E-state index contributed by atoms with van der Waals surface area (Å²) in [4.78, 5) is 9.48. The number of hydrogen-bond donors (Lipinski definition) is 0. The van der Waals surface area contributed by atoms with Gasteiger partial charge in [0.2, 0.25) is 0 Å². The van der Waals surface area contributed by atoms with Crippen molar-refractivity contribution in [2.75, 3.05) is 0 Å². The van der Waals surface area contributed by atoms with Crippen LogP contribution in [-0.2, 0) is 0 Å². The zero-order chi connectivity index (χ0) is 18.2. The Morgan fingerprint density at radius 1 is 0.667 bits per heavy atom. The fraction of sp³-hybridized carbons (Fsp3) is 0. The topological polar surface area (TPSA) is 25.8 Å². The van der Waals surface area contributed by atoms with Gasteiger partial charge in [-0.25, -0.2) is 9.97 Å². The molecule has 0 saturated carbocycles. The second-order valence-electron chi connectivity index (χ2n) is 6.50. The van der Waals surface area contributed by atoms with Crippen LogP contribution in [0.5, 0.6) is 0 Å². The van der Waals surface area contributed by atoms with Gasteiger partial charge in [-0.15, -0.1) is 0 Å². The van der Waals surface area contributed by atoms with E-state index in [1.165, 1.54) is 16.3 Å². The first-order chi connectivity index (χ1) is 13.3. The Kier molecular flexibility index (Phi) is 3.95. The molecule has 0 N–H and O–H groups in total. The molecule has 0 atom stereocenters. The number of halogens is 1. The lowest BCUT2D eigenvalue weighted by Crippen LogP contribution is -1.91. The van der Waals surface area contributed by atoms with Crippen LogP contribution in [0, 0.1) is 0 Å². The van der Waals surface area contributed by atoms with Gasteiger partial charge in [-0.1, -0.05) is 76.6 Å². The number of benzene rings is 4. The van der Waals surface area contributed by atoms with Gasteiger partial charge in [-0.05, 0) is 46.2 Å². The van der Waals surface area contributed by atoms with Crippen LogP contribution in [0.4, 0.5) is 0 Å². The zero-order valence-electron chi connectivity index (χ0n) is 14.4. The van der Waals surface area contributed by atoms with Gasteiger partial charge in [0.1, 0.15) is 0 Å². The van der Waals surface area contributed by atoms with Crippen LogP contribution in [0.25, 0.3) is 44.2 Å². The van der Waals surface area contributed by atoms with E-state index in [0.29, 0.717) is 0 Å². The summed E-state index contributed by atoms with van der Waals surface area (Å²) < 4.78 is 1.08. The standard InChI is InChI=1S/C24H15BrN2/c25-20-11-8-16(9-12-20)18-10-13-23-19(14-18)15-26-24(27-23)22-7-3-5-17-4-1-2-6-21(17)22/h1-15H. The minimum absolute atomic E-state index is 0.760. The van der Waals surface area contributed by atoms with Crippen LogP contribution in [0.3, 0.4) is 0 Å². The Hall–Kier alpha value is -3.04. The molecule has 3 heteroatoms. The molecule has 0 aliphatic carbocycles. The molecule has 27 heavy (non-hydrogen) atoms. The van der Waals surface area contributed by atoms with Gasteiger partial charge in [0, 0.05) is 21.6 Å². The molecule has 0 aliphatic rings. The summed E-state index contributed by atoms with van der Waals surface area (Å²) in [5.41, 5.74) is 4.36. The predicted octanol–water partition coefficient (Wildman–Crippen LogP) is 6.88. The maximum absolute atomic E-state index is 4.83. The molecule has 5 rings (SSSR count). The van der Waals surface area contributed by atoms with E-state index in [2.05, 4.69) is 106 Å². The normalized spacial score (nSPS) is 11.1. The summed E-state index contributed by atoms with van der Waals surface area (Å²) in [6.07, 6.45) is 1.92. The first-order valence-corrected chi connectivity index (χ1v) is 9.58. The third kappa shape index (κ3) is 3.00. The van der Waals surface area contributed by atoms with Gasteiger partial charge < -0.3 is 0 Å². The fourth-order valence-corrected chi connectivity index (χ4v) is 3.67. The van der Waals surface area contributed by atoms with E-state index in [0.717, 1.165) is 32.3 Å². The summed E-state index contributed by atoms with van der Waals surface area (Å²) in [5.74, 6) is 0.760. The number of rotatable bonds is 2. The molecule has 0 saturated heterocycles. The second-order valence-corrected chi connectivity index (χ2v) is 7.42. The smallest absolute Gasteiger partial charge is 0.160 e. The first-order valence-electron chi connectivity index (χ1n) is 8.79. The third-order valence-electron chi connectivity index (χ3n) is 4.79. The van der Waals surface area contributed by atoms with Gasteiger partial charge in [0.15, 0.2) is 5.82 Å². The summed E-state index contributed by atoms with van der Waals surface area (Å²) in [7, 11) is 0. The van der Waals surface area contributed by atoms with E-state index in [1.807, 2.05) is 6.20 Å². The van der Waals surface area contributed by atoms with Crippen LogP contribution in [0.2, 0.25) is 0 Å². The largest absolute Gasteiger partial charge is 0.236 e. The highest BCUT2D eigenvalue weighted by Crippen LogP contribution is 2.29. The highest BCUT2D eigenvalue weighted by Gasteiger charge is 2.08. The van der Waals surface area contributed by atoms with Crippen LogP contribution >= 0.6 is 15.9 Å². The van der Waals surface area contributed by atoms with Gasteiger partial charge in [0.25, 0.3) is 0 Å². The Morgan fingerprint density at radius 3 is 2.33 bits per heavy atom. The minimum Gasteiger partial charge on any atom is -0.236 e. The summed E-state index contributed by atoms with van der Waals surface area (Å²) in [6, 6.07) is 29.3. The van der Waals surface area contributed by atoms with Crippen molar-refractivity contribution in [2.24, 2.45) is 0 Å². The van der Waals surface area contributed by atoms with Gasteiger partial charge >= 0.3 is 0 Å². The monoisotopic (exact) mass is 410 g/mol. The van der Waals surface area contributed by atoms with Gasteiger partial charge in [0.05, 0.1) is 5.52 Å². The van der Waals surface area contributed by atoms with E-state index in [4.69, 9.17) is 4.98 Å². The quantitative estimate of drug-likeness (QED) is 0.316. The first kappa shape index (κ1) is 16.2. The average Bonchev–Trinajstić information content (AvgIpc) is 2.73. The molecule has 0 bridgehead atoms. The highest BCUT2D eigenvalue weighted by molar-refractivity contribution is 9.10. The maximum atomic E-state index is 4.83. The Labute approximate surface area is 165 Å². The van der Waals surface area contributed by atoms with Crippen molar-refractivity contribution in [3.05, 3.63) is 95.6 Å². The van der Waals surface area contributed by atoms with Crippen molar-refractivity contribution in [1.82, 2.24) is 9.97 Å². The zero-order valence-corrected chi connectivity index (χ0v) is 16.0. The second kappa shape index (κ2) is 6.60. The van der Waals surface area contributed by atoms with E-state index in [-0.39, 0.29) is 0 Å². The molecule has 0 radical (unpaired) electrons. The fourth-order valence-electron chi connectivity index (χ4n) is 3.41. The van der Waals surface area contributed by atoms with Crippen molar-refractivity contribution < 1.29 is 0 Å². The van der Waals surface area contributed by atoms with Crippen LogP contribution in [0.15, 0.2) is 95.6 Å². The average molecular weight is 411 g/mol. The third-order valence-corrected chi connectivity index (χ3v) is 5.32. The van der Waals surface area contributed by atoms with E-state index < -0.39 is 0 Å². The Morgan fingerprint density at radius 2 is 1.44 bits per heavy atom. The molecule has 1 aromatic heterocycles. The Bertz CT molecular complexity index is 1270. The van der Waals surface area contributed by atoms with E-state index in [9.17, 15) is 0 Å². The predicted molar refractivity (Wildman–Crippen MR) is 116 cm³/mol. The van der Waals surface area contributed by atoms with Crippen LogP contribution < -0.4 is 0 Å². The number of fused-ring (bicyclic) bond motifs is 2.